The van der Waals surface area contributed by atoms with Gasteiger partial charge in [-0.3, -0.25) is 9.59 Å². The molecule has 1 aliphatic carbocycles. The first kappa shape index (κ1) is 16.3. The minimum atomic E-state index is -0.754. The number of likely N-dealkylation sites (tertiary alicyclic amines) is 1. The van der Waals surface area contributed by atoms with E-state index >= 15 is 0 Å². The summed E-state index contributed by atoms with van der Waals surface area (Å²) in [4.78, 5) is 26.1. The summed E-state index contributed by atoms with van der Waals surface area (Å²) in [5, 5.41) is 9.62. The Morgan fingerprint density at radius 1 is 1.48 bits per heavy atom. The number of hydrogen-bond donors (Lipinski definition) is 1. The first-order valence-electron chi connectivity index (χ1n) is 7.80. The van der Waals surface area contributed by atoms with Gasteiger partial charge in [0.2, 0.25) is 5.91 Å². The minimum Gasteiger partial charge on any atom is -0.496 e. The maximum Gasteiger partial charge on any atom is 0.311 e. The molecule has 2 fully saturated rings. The first-order chi connectivity index (χ1) is 11.0. The van der Waals surface area contributed by atoms with Crippen LogP contribution in [0.1, 0.15) is 24.8 Å². The SMILES string of the molecule is COc1ccc(Br)cc1CC(=O)N1C[C@@H]2CCC[C@@]2(C(=O)O)C1. The van der Waals surface area contributed by atoms with Crippen molar-refractivity contribution in [3.8, 4) is 5.75 Å². The van der Waals surface area contributed by atoms with Crippen molar-refractivity contribution in [2.75, 3.05) is 20.2 Å². The third-order valence-electron chi connectivity index (χ3n) is 5.23. The number of rotatable bonds is 4. The zero-order valence-corrected chi connectivity index (χ0v) is 14.6. The molecule has 1 amide bonds. The van der Waals surface area contributed by atoms with Crippen LogP contribution in [-0.2, 0) is 16.0 Å². The molecule has 1 N–H and O–H groups in total. The van der Waals surface area contributed by atoms with Crippen LogP contribution in [0.25, 0.3) is 0 Å². The number of carboxylic acid groups (broad SMARTS) is 1. The minimum absolute atomic E-state index is 0.0311. The van der Waals surface area contributed by atoms with E-state index < -0.39 is 11.4 Å². The predicted octanol–water partition coefficient (Wildman–Crippen LogP) is 2.71. The summed E-state index contributed by atoms with van der Waals surface area (Å²) in [5.74, 6) is -0.0194. The fourth-order valence-electron chi connectivity index (χ4n) is 3.99. The summed E-state index contributed by atoms with van der Waals surface area (Å²) in [6, 6.07) is 5.57. The molecule has 0 aromatic heterocycles. The maximum absolute atomic E-state index is 12.7. The molecular formula is C17H20BrNO4. The number of carboxylic acids is 1. The van der Waals surface area contributed by atoms with Gasteiger partial charge in [-0.15, -0.1) is 0 Å². The van der Waals surface area contributed by atoms with Crippen molar-refractivity contribution in [3.05, 3.63) is 28.2 Å². The van der Waals surface area contributed by atoms with Gasteiger partial charge in [0.1, 0.15) is 5.75 Å². The van der Waals surface area contributed by atoms with Crippen LogP contribution >= 0.6 is 15.9 Å². The van der Waals surface area contributed by atoms with Crippen LogP contribution in [0.5, 0.6) is 5.75 Å². The third kappa shape index (κ3) is 2.84. The fraction of sp³-hybridized carbons (Fsp3) is 0.529. The Balaban J connectivity index is 1.76. The van der Waals surface area contributed by atoms with Gasteiger partial charge >= 0.3 is 5.97 Å². The first-order valence-corrected chi connectivity index (χ1v) is 8.59. The van der Waals surface area contributed by atoms with E-state index in [-0.39, 0.29) is 18.2 Å². The fourth-order valence-corrected chi connectivity index (χ4v) is 4.40. The molecule has 124 valence electrons. The summed E-state index contributed by atoms with van der Waals surface area (Å²) >= 11 is 3.41. The average Bonchev–Trinajstić information content (AvgIpc) is 3.05. The number of fused-ring (bicyclic) bond motifs is 1. The van der Waals surface area contributed by atoms with Gasteiger partial charge in [-0.2, -0.15) is 0 Å². The molecule has 0 radical (unpaired) electrons. The van der Waals surface area contributed by atoms with Crippen molar-refractivity contribution < 1.29 is 19.4 Å². The molecule has 0 unspecified atom stereocenters. The van der Waals surface area contributed by atoms with Crippen molar-refractivity contribution in [1.82, 2.24) is 4.90 Å². The zero-order valence-electron chi connectivity index (χ0n) is 13.0. The van der Waals surface area contributed by atoms with E-state index in [1.165, 1.54) is 0 Å². The largest absolute Gasteiger partial charge is 0.496 e. The molecule has 1 saturated carbocycles. The molecule has 5 nitrogen and oxygen atoms in total. The molecule has 6 heteroatoms. The van der Waals surface area contributed by atoms with Crippen LogP contribution in [0, 0.1) is 11.3 Å². The Morgan fingerprint density at radius 2 is 2.26 bits per heavy atom. The van der Waals surface area contributed by atoms with Crippen molar-refractivity contribution in [2.45, 2.75) is 25.7 Å². The van der Waals surface area contributed by atoms with Gasteiger partial charge in [0, 0.05) is 23.1 Å². The second-order valence-corrected chi connectivity index (χ2v) is 7.37. The predicted molar refractivity (Wildman–Crippen MR) is 88.4 cm³/mol. The zero-order chi connectivity index (χ0) is 16.6. The molecule has 1 aromatic carbocycles. The number of hydrogen-bond acceptors (Lipinski definition) is 3. The highest BCUT2D eigenvalue weighted by Gasteiger charge is 2.55. The lowest BCUT2D eigenvalue weighted by Gasteiger charge is -2.23. The smallest absolute Gasteiger partial charge is 0.311 e. The van der Waals surface area contributed by atoms with E-state index in [0.717, 1.165) is 22.9 Å². The molecule has 1 aromatic rings. The van der Waals surface area contributed by atoms with E-state index in [2.05, 4.69) is 15.9 Å². The van der Waals surface area contributed by atoms with Gasteiger partial charge < -0.3 is 14.7 Å². The van der Waals surface area contributed by atoms with E-state index in [4.69, 9.17) is 4.74 Å². The van der Waals surface area contributed by atoms with E-state index in [9.17, 15) is 14.7 Å². The van der Waals surface area contributed by atoms with Crippen LogP contribution in [-0.4, -0.2) is 42.1 Å². The average molecular weight is 382 g/mol. The summed E-state index contributed by atoms with van der Waals surface area (Å²) in [6.07, 6.45) is 2.75. The lowest BCUT2D eigenvalue weighted by molar-refractivity contribution is -0.149. The van der Waals surface area contributed by atoms with Crippen molar-refractivity contribution in [2.24, 2.45) is 11.3 Å². The van der Waals surface area contributed by atoms with Gasteiger partial charge in [0.05, 0.1) is 18.9 Å². The highest BCUT2D eigenvalue weighted by Crippen LogP contribution is 2.49. The summed E-state index contributed by atoms with van der Waals surface area (Å²) in [6.45, 7) is 0.892. The lowest BCUT2D eigenvalue weighted by atomic mass is 9.81. The molecule has 1 aliphatic heterocycles. The highest BCUT2D eigenvalue weighted by atomic mass is 79.9. The Morgan fingerprint density at radius 3 is 2.91 bits per heavy atom. The van der Waals surface area contributed by atoms with E-state index in [1.54, 1.807) is 12.0 Å². The normalized spacial score (nSPS) is 26.2. The number of nitrogens with zero attached hydrogens (tertiary/aromatic N) is 1. The Kier molecular flexibility index (Phi) is 4.36. The molecule has 0 spiro atoms. The lowest BCUT2D eigenvalue weighted by Crippen LogP contribution is -2.37. The number of halogens is 1. The molecule has 2 aliphatic rings. The maximum atomic E-state index is 12.7. The Bertz CT molecular complexity index is 647. The van der Waals surface area contributed by atoms with Gasteiger partial charge in [-0.1, -0.05) is 22.4 Å². The Labute approximate surface area is 143 Å². The molecule has 2 atom stereocenters. The van der Waals surface area contributed by atoms with Crippen molar-refractivity contribution in [1.29, 1.82) is 0 Å². The van der Waals surface area contributed by atoms with Crippen LogP contribution in [0.4, 0.5) is 0 Å². The standard InChI is InChI=1S/C17H20BrNO4/c1-23-14-5-4-13(18)7-11(14)8-15(20)19-9-12-3-2-6-17(12,10-19)16(21)22/h4-5,7,12H,2-3,6,8-10H2,1H3,(H,21,22)/t12-,17+/m0/s1. The van der Waals surface area contributed by atoms with Crippen LogP contribution in [0.15, 0.2) is 22.7 Å². The number of carbonyl (C=O) groups is 2. The molecule has 0 bridgehead atoms. The molecular weight excluding hydrogens is 362 g/mol. The second-order valence-electron chi connectivity index (χ2n) is 6.46. The highest BCUT2D eigenvalue weighted by molar-refractivity contribution is 9.10. The second kappa shape index (κ2) is 6.15. The molecule has 23 heavy (non-hydrogen) atoms. The monoisotopic (exact) mass is 381 g/mol. The summed E-state index contributed by atoms with van der Waals surface area (Å²) in [7, 11) is 1.58. The number of methoxy groups -OCH3 is 1. The summed E-state index contributed by atoms with van der Waals surface area (Å²) in [5.41, 5.74) is 0.0881. The number of benzene rings is 1. The quantitative estimate of drug-likeness (QED) is 0.870. The topological polar surface area (TPSA) is 66.8 Å². The number of aliphatic carboxylic acids is 1. The van der Waals surface area contributed by atoms with E-state index in [1.807, 2.05) is 18.2 Å². The number of ether oxygens (including phenoxy) is 1. The summed E-state index contributed by atoms with van der Waals surface area (Å²) < 4.78 is 6.20. The van der Waals surface area contributed by atoms with Crippen LogP contribution in [0.3, 0.4) is 0 Å². The van der Waals surface area contributed by atoms with Crippen LogP contribution < -0.4 is 4.74 Å². The van der Waals surface area contributed by atoms with Crippen molar-refractivity contribution >= 4 is 27.8 Å². The van der Waals surface area contributed by atoms with Gasteiger partial charge in [0.25, 0.3) is 0 Å². The van der Waals surface area contributed by atoms with Crippen LogP contribution in [0.2, 0.25) is 0 Å². The Hall–Kier alpha value is -1.56. The van der Waals surface area contributed by atoms with Gasteiger partial charge in [0.15, 0.2) is 0 Å². The number of carbonyl (C=O) groups excluding carboxylic acids is 1. The number of amides is 1. The molecule has 1 heterocycles. The van der Waals surface area contributed by atoms with E-state index in [0.29, 0.717) is 25.3 Å². The third-order valence-corrected chi connectivity index (χ3v) is 5.73. The molecule has 1 saturated heterocycles. The molecule has 3 rings (SSSR count). The van der Waals surface area contributed by atoms with Gasteiger partial charge in [-0.25, -0.2) is 0 Å². The van der Waals surface area contributed by atoms with Crippen molar-refractivity contribution in [3.63, 3.8) is 0 Å². The van der Waals surface area contributed by atoms with Gasteiger partial charge in [-0.05, 0) is 37.0 Å².